The van der Waals surface area contributed by atoms with Crippen LogP contribution in [0.2, 0.25) is 55.7 Å². The van der Waals surface area contributed by atoms with Crippen LogP contribution < -0.4 is 0 Å². The van der Waals surface area contributed by atoms with Crippen molar-refractivity contribution >= 4 is 24.9 Å². The minimum atomic E-state index is -1.17. The van der Waals surface area contributed by atoms with Crippen molar-refractivity contribution in [2.24, 2.45) is 0 Å². The summed E-state index contributed by atoms with van der Waals surface area (Å²) in [5.74, 6) is 0. The quantitative estimate of drug-likeness (QED) is 0.343. The van der Waals surface area contributed by atoms with Crippen molar-refractivity contribution in [2.75, 3.05) is 0 Å². The Morgan fingerprint density at radius 2 is 1.10 bits per heavy atom. The molecule has 0 saturated carbocycles. The molecular weight excluding hydrogens is 300 g/mol. The number of hydrogen-bond donors (Lipinski definition) is 0. The summed E-state index contributed by atoms with van der Waals surface area (Å²) in [7, 11) is -2.58. The molecule has 127 valence electrons. The third-order valence-corrected chi connectivity index (χ3v) is 27.5. The second-order valence-corrected chi connectivity index (χ2v) is 23.2. The number of unbranched alkanes of at least 4 members (excludes halogenated alkanes) is 2. The van der Waals surface area contributed by atoms with Gasteiger partial charge in [-0.25, -0.2) is 0 Å². The molecular formula is C18H43Si3. The van der Waals surface area contributed by atoms with Gasteiger partial charge in [0.1, 0.15) is 0 Å². The predicted octanol–water partition coefficient (Wildman–Crippen LogP) is 7.38. The Balaban J connectivity index is 5.73. The smallest absolute Gasteiger partial charge is 0.0481 e. The van der Waals surface area contributed by atoms with Gasteiger partial charge in [-0.2, -0.15) is 0 Å². The molecule has 0 saturated heterocycles. The number of hydrogen-bond acceptors (Lipinski definition) is 0. The first kappa shape index (κ1) is 21.7. The van der Waals surface area contributed by atoms with E-state index in [2.05, 4.69) is 60.1 Å². The zero-order valence-corrected chi connectivity index (χ0v) is 19.7. The molecule has 0 amide bonds. The van der Waals surface area contributed by atoms with Crippen LogP contribution in [0.4, 0.5) is 0 Å². The van der Waals surface area contributed by atoms with E-state index in [1.54, 1.807) is 18.5 Å². The van der Waals surface area contributed by atoms with Gasteiger partial charge in [-0.1, -0.05) is 111 Å². The van der Waals surface area contributed by atoms with Gasteiger partial charge in [-0.15, -0.1) is 0 Å². The fourth-order valence-corrected chi connectivity index (χ4v) is 30.8. The SMILES string of the molecule is CCCC[Si](C)(C)C(CCC)([Si](C)C)[Si](C)(C)CCCC. The van der Waals surface area contributed by atoms with Crippen molar-refractivity contribution in [3.05, 3.63) is 0 Å². The van der Waals surface area contributed by atoms with Crippen molar-refractivity contribution < 1.29 is 0 Å². The molecule has 0 rings (SSSR count). The molecule has 0 nitrogen and oxygen atoms in total. The van der Waals surface area contributed by atoms with Crippen LogP contribution in [0.25, 0.3) is 0 Å². The molecule has 0 aliphatic rings. The van der Waals surface area contributed by atoms with Gasteiger partial charge in [0.05, 0.1) is 0 Å². The van der Waals surface area contributed by atoms with E-state index in [1.165, 1.54) is 32.1 Å². The van der Waals surface area contributed by atoms with Crippen LogP contribution in [0.5, 0.6) is 0 Å². The Hall–Kier alpha value is 0.651. The lowest BCUT2D eigenvalue weighted by Gasteiger charge is -2.58. The topological polar surface area (TPSA) is 0 Å². The van der Waals surface area contributed by atoms with E-state index in [-0.39, 0.29) is 8.80 Å². The van der Waals surface area contributed by atoms with E-state index in [0.717, 1.165) is 4.28 Å². The van der Waals surface area contributed by atoms with Crippen molar-refractivity contribution in [3.8, 4) is 0 Å². The first-order valence-electron chi connectivity index (χ1n) is 9.43. The van der Waals surface area contributed by atoms with E-state index >= 15 is 0 Å². The molecule has 1 radical (unpaired) electrons. The highest BCUT2D eigenvalue weighted by Gasteiger charge is 2.56. The molecule has 0 heterocycles. The Kier molecular flexibility index (Phi) is 9.35. The summed E-state index contributed by atoms with van der Waals surface area (Å²) < 4.78 is 0.823. The van der Waals surface area contributed by atoms with E-state index < -0.39 is 16.1 Å². The molecule has 0 aromatic rings. The fraction of sp³-hybridized carbons (Fsp3) is 1.00. The summed E-state index contributed by atoms with van der Waals surface area (Å²) in [5, 5.41) is 0. The van der Waals surface area contributed by atoms with Crippen LogP contribution in [-0.4, -0.2) is 24.9 Å². The summed E-state index contributed by atoms with van der Waals surface area (Å²) in [5.41, 5.74) is 0. The zero-order chi connectivity index (χ0) is 16.7. The lowest BCUT2D eigenvalue weighted by Crippen LogP contribution is -2.63. The maximum absolute atomic E-state index is 2.76. The van der Waals surface area contributed by atoms with Crippen LogP contribution in [0.3, 0.4) is 0 Å². The van der Waals surface area contributed by atoms with Gasteiger partial charge < -0.3 is 0 Å². The van der Waals surface area contributed by atoms with Crippen LogP contribution in [0.1, 0.15) is 59.3 Å². The molecule has 0 aliphatic heterocycles. The molecule has 0 unspecified atom stereocenters. The Morgan fingerprint density at radius 3 is 1.33 bits per heavy atom. The second-order valence-electron chi connectivity index (χ2n) is 8.63. The summed E-state index contributed by atoms with van der Waals surface area (Å²) in [6.07, 6.45) is 8.65. The summed E-state index contributed by atoms with van der Waals surface area (Å²) in [6, 6.07) is 3.14. The maximum atomic E-state index is 2.76. The summed E-state index contributed by atoms with van der Waals surface area (Å²) in [4.78, 5) is 0. The fourth-order valence-electron chi connectivity index (χ4n) is 5.24. The van der Waals surface area contributed by atoms with Gasteiger partial charge in [0.2, 0.25) is 0 Å². The summed E-state index contributed by atoms with van der Waals surface area (Å²) >= 11 is 0. The highest BCUT2D eigenvalue weighted by atomic mass is 28.4. The molecule has 0 spiro atoms. The zero-order valence-electron chi connectivity index (χ0n) is 16.7. The van der Waals surface area contributed by atoms with Gasteiger partial charge in [0.25, 0.3) is 0 Å². The molecule has 0 aromatic heterocycles. The van der Waals surface area contributed by atoms with Crippen LogP contribution in [0.15, 0.2) is 0 Å². The van der Waals surface area contributed by atoms with Crippen molar-refractivity contribution in [1.82, 2.24) is 0 Å². The minimum absolute atomic E-state index is 0.245. The van der Waals surface area contributed by atoms with E-state index in [4.69, 9.17) is 0 Å². The minimum Gasteiger partial charge on any atom is -0.0713 e. The average molecular weight is 344 g/mol. The maximum Gasteiger partial charge on any atom is 0.0481 e. The average Bonchev–Trinajstić information content (AvgIpc) is 2.39. The number of rotatable bonds is 11. The van der Waals surface area contributed by atoms with Gasteiger partial charge in [-0.05, 0) is 4.28 Å². The third kappa shape index (κ3) is 4.81. The lowest BCUT2D eigenvalue weighted by molar-refractivity contribution is 0.724. The molecule has 0 N–H and O–H groups in total. The third-order valence-electron chi connectivity index (χ3n) is 6.10. The van der Waals surface area contributed by atoms with E-state index in [0.29, 0.717) is 0 Å². The molecule has 21 heavy (non-hydrogen) atoms. The van der Waals surface area contributed by atoms with Crippen molar-refractivity contribution in [1.29, 1.82) is 0 Å². The van der Waals surface area contributed by atoms with Crippen LogP contribution in [0, 0.1) is 0 Å². The Labute approximate surface area is 140 Å². The highest BCUT2D eigenvalue weighted by molar-refractivity contribution is 7.11. The van der Waals surface area contributed by atoms with Crippen molar-refractivity contribution in [3.63, 3.8) is 0 Å². The van der Waals surface area contributed by atoms with Crippen LogP contribution in [-0.2, 0) is 0 Å². The molecule has 0 atom stereocenters. The van der Waals surface area contributed by atoms with Gasteiger partial charge in [-0.3, -0.25) is 0 Å². The highest BCUT2D eigenvalue weighted by Crippen LogP contribution is 2.56. The Bertz CT molecular complexity index is 262. The molecule has 0 bridgehead atoms. The first-order valence-corrected chi connectivity index (χ1v) is 18.3. The predicted molar refractivity (Wildman–Crippen MR) is 109 cm³/mol. The standard InChI is InChI=1S/C18H43Si3/c1-10-13-16-20(6,7)18(15-12-3,19(4)5)21(8,9)17-14-11-2/h10-17H2,1-9H3. The first-order chi connectivity index (χ1) is 9.63. The molecule has 0 fully saturated rings. The molecule has 0 aromatic carbocycles. The van der Waals surface area contributed by atoms with Gasteiger partial charge in [0, 0.05) is 24.9 Å². The van der Waals surface area contributed by atoms with Gasteiger partial charge in [0.15, 0.2) is 0 Å². The molecule has 0 aliphatic carbocycles. The summed E-state index contributed by atoms with van der Waals surface area (Å²) in [6.45, 7) is 23.5. The van der Waals surface area contributed by atoms with Crippen LogP contribution >= 0.6 is 0 Å². The van der Waals surface area contributed by atoms with Crippen molar-refractivity contribution in [2.45, 2.75) is 115 Å². The normalized spacial score (nSPS) is 14.0. The van der Waals surface area contributed by atoms with E-state index in [9.17, 15) is 0 Å². The van der Waals surface area contributed by atoms with E-state index in [1.807, 2.05) is 0 Å². The molecule has 3 heteroatoms. The second kappa shape index (κ2) is 9.07. The van der Waals surface area contributed by atoms with Gasteiger partial charge >= 0.3 is 0 Å². The largest absolute Gasteiger partial charge is 0.0713 e. The Morgan fingerprint density at radius 1 is 0.714 bits per heavy atom. The monoisotopic (exact) mass is 343 g/mol. The lowest BCUT2D eigenvalue weighted by atomic mass is 10.4.